The van der Waals surface area contributed by atoms with E-state index in [2.05, 4.69) is 74.7 Å². The molecule has 0 bridgehead atoms. The van der Waals surface area contributed by atoms with Gasteiger partial charge < -0.3 is 15.0 Å². The molecular weight excluding hydrogens is 404 g/mol. The molecule has 0 saturated carbocycles. The predicted molar refractivity (Wildman–Crippen MR) is 130 cm³/mol. The summed E-state index contributed by atoms with van der Waals surface area (Å²) in [6.07, 6.45) is 1.23. The normalized spacial score (nSPS) is 20.2. The van der Waals surface area contributed by atoms with Crippen molar-refractivity contribution in [3.63, 3.8) is 0 Å². The van der Waals surface area contributed by atoms with Crippen LogP contribution in [0.1, 0.15) is 17.5 Å². The summed E-state index contributed by atoms with van der Waals surface area (Å²) in [5.41, 5.74) is 2.66. The van der Waals surface area contributed by atoms with Crippen LogP contribution in [0.25, 0.3) is 0 Å². The zero-order valence-corrected chi connectivity index (χ0v) is 19.3. The summed E-state index contributed by atoms with van der Waals surface area (Å²) in [4.78, 5) is 10.8. The van der Waals surface area contributed by atoms with E-state index in [-0.39, 0.29) is 0 Å². The quantitative estimate of drug-likeness (QED) is 0.405. The zero-order valence-electron chi connectivity index (χ0n) is 18.5. The van der Waals surface area contributed by atoms with Crippen molar-refractivity contribution in [3.05, 3.63) is 65.7 Å². The zero-order chi connectivity index (χ0) is 21.3. The number of hydrogen-bond acceptors (Lipinski definition) is 4. The summed E-state index contributed by atoms with van der Waals surface area (Å²) in [6.45, 7) is 7.74. The number of ether oxygens (including phenoxy) is 1. The Balaban J connectivity index is 1.21. The van der Waals surface area contributed by atoms with Crippen LogP contribution in [0.4, 0.5) is 0 Å². The van der Waals surface area contributed by atoms with E-state index in [0.29, 0.717) is 5.92 Å². The first kappa shape index (κ1) is 22.2. The summed E-state index contributed by atoms with van der Waals surface area (Å²) in [7, 11) is 1.89. The van der Waals surface area contributed by atoms with E-state index in [1.54, 1.807) is 0 Å². The molecule has 6 heteroatoms. The minimum atomic E-state index is 0.711. The Labute approximate surface area is 190 Å². The lowest BCUT2D eigenvalue weighted by Crippen LogP contribution is -2.39. The van der Waals surface area contributed by atoms with Gasteiger partial charge in [0.15, 0.2) is 5.96 Å². The molecule has 2 aliphatic rings. The van der Waals surface area contributed by atoms with E-state index in [1.807, 2.05) is 18.8 Å². The number of morpholine rings is 1. The number of aliphatic imine (C=N–C) groups is 1. The molecule has 2 aromatic carbocycles. The lowest BCUT2D eigenvalue weighted by atomic mass is 10.1. The second kappa shape index (κ2) is 11.6. The van der Waals surface area contributed by atoms with Gasteiger partial charge in [-0.05, 0) is 35.6 Å². The van der Waals surface area contributed by atoms with Crippen molar-refractivity contribution in [2.45, 2.75) is 24.4 Å². The lowest BCUT2D eigenvalue weighted by molar-refractivity contribution is 0.0342. The van der Waals surface area contributed by atoms with Gasteiger partial charge in [-0.2, -0.15) is 0 Å². The molecule has 2 saturated heterocycles. The van der Waals surface area contributed by atoms with Gasteiger partial charge in [-0.15, -0.1) is 11.8 Å². The average Bonchev–Trinajstić information content (AvgIpc) is 3.29. The molecule has 5 nitrogen and oxygen atoms in total. The molecule has 1 atom stereocenters. The van der Waals surface area contributed by atoms with Crippen LogP contribution in [0.5, 0.6) is 0 Å². The van der Waals surface area contributed by atoms with Crippen LogP contribution >= 0.6 is 11.8 Å². The monoisotopic (exact) mass is 438 g/mol. The first-order valence-electron chi connectivity index (χ1n) is 11.3. The maximum atomic E-state index is 5.44. The van der Waals surface area contributed by atoms with Crippen LogP contribution in [0.3, 0.4) is 0 Å². The second-order valence-electron chi connectivity index (χ2n) is 8.33. The molecule has 1 unspecified atom stereocenters. The Morgan fingerprint density at radius 2 is 1.77 bits per heavy atom. The molecule has 2 aliphatic heterocycles. The molecule has 166 valence electrons. The van der Waals surface area contributed by atoms with Gasteiger partial charge in [-0.25, -0.2) is 0 Å². The van der Waals surface area contributed by atoms with Crippen molar-refractivity contribution in [3.8, 4) is 0 Å². The van der Waals surface area contributed by atoms with Crippen molar-refractivity contribution in [2.75, 3.05) is 52.2 Å². The fraction of sp³-hybridized carbons (Fsp3) is 0.480. The highest BCUT2D eigenvalue weighted by Gasteiger charge is 2.24. The first-order chi connectivity index (χ1) is 15.3. The van der Waals surface area contributed by atoms with Gasteiger partial charge in [0.2, 0.25) is 0 Å². The topological polar surface area (TPSA) is 40.1 Å². The van der Waals surface area contributed by atoms with Crippen LogP contribution in [0.15, 0.2) is 64.5 Å². The number of nitrogens with one attached hydrogen (secondary N) is 1. The van der Waals surface area contributed by atoms with Crippen LogP contribution in [-0.4, -0.2) is 68.0 Å². The van der Waals surface area contributed by atoms with E-state index in [1.165, 1.54) is 28.2 Å². The van der Waals surface area contributed by atoms with Gasteiger partial charge >= 0.3 is 0 Å². The lowest BCUT2D eigenvalue weighted by Gasteiger charge is -2.26. The number of likely N-dealkylation sites (tertiary alicyclic amines) is 1. The van der Waals surface area contributed by atoms with Crippen molar-refractivity contribution < 1.29 is 4.74 Å². The molecule has 2 heterocycles. The fourth-order valence-electron chi connectivity index (χ4n) is 4.19. The number of hydrogen-bond donors (Lipinski definition) is 1. The number of benzene rings is 2. The highest BCUT2D eigenvalue weighted by Crippen LogP contribution is 2.25. The average molecular weight is 439 g/mol. The highest BCUT2D eigenvalue weighted by molar-refractivity contribution is 7.99. The molecule has 0 amide bonds. The van der Waals surface area contributed by atoms with Gasteiger partial charge in [0.1, 0.15) is 0 Å². The summed E-state index contributed by atoms with van der Waals surface area (Å²) in [5.74, 6) is 2.90. The van der Waals surface area contributed by atoms with Crippen molar-refractivity contribution in [1.29, 1.82) is 0 Å². The highest BCUT2D eigenvalue weighted by atomic mass is 32.2. The van der Waals surface area contributed by atoms with Gasteiger partial charge in [-0.3, -0.25) is 9.89 Å². The first-order valence-corrected chi connectivity index (χ1v) is 12.3. The van der Waals surface area contributed by atoms with Crippen molar-refractivity contribution >= 4 is 17.7 Å². The largest absolute Gasteiger partial charge is 0.379 e. The Hall–Kier alpha value is -2.02. The number of rotatable bonds is 7. The molecule has 0 aromatic heterocycles. The van der Waals surface area contributed by atoms with Gasteiger partial charge in [0.25, 0.3) is 0 Å². The predicted octanol–water partition coefficient (Wildman–Crippen LogP) is 3.71. The molecule has 2 fully saturated rings. The SMILES string of the molecule is CN=C(NCc1ccc(CN2CCOCC2)cc1)N1CCC(CSc2ccccc2)C1. The van der Waals surface area contributed by atoms with Gasteiger partial charge in [-0.1, -0.05) is 42.5 Å². The smallest absolute Gasteiger partial charge is 0.193 e. The third-order valence-electron chi connectivity index (χ3n) is 6.01. The number of nitrogens with zero attached hydrogens (tertiary/aromatic N) is 3. The molecule has 2 aromatic rings. The summed E-state index contributed by atoms with van der Waals surface area (Å²) < 4.78 is 5.44. The van der Waals surface area contributed by atoms with E-state index >= 15 is 0 Å². The molecular formula is C25H34N4OS. The molecule has 4 rings (SSSR count). The minimum Gasteiger partial charge on any atom is -0.379 e. The van der Waals surface area contributed by atoms with Crippen molar-refractivity contribution in [1.82, 2.24) is 15.1 Å². The maximum absolute atomic E-state index is 5.44. The number of guanidine groups is 1. The standard InChI is InChI=1S/C25H34N4OS/c1-26-25(29-12-11-23(19-29)20-31-24-5-3-2-4-6-24)27-17-21-7-9-22(10-8-21)18-28-13-15-30-16-14-28/h2-10,23H,11-20H2,1H3,(H,26,27). The Morgan fingerprint density at radius 1 is 1.03 bits per heavy atom. The third kappa shape index (κ3) is 6.73. The van der Waals surface area contributed by atoms with Crippen LogP contribution in [0.2, 0.25) is 0 Å². The molecule has 1 N–H and O–H groups in total. The van der Waals surface area contributed by atoms with E-state index in [0.717, 1.165) is 58.4 Å². The molecule has 0 spiro atoms. The van der Waals surface area contributed by atoms with E-state index in [9.17, 15) is 0 Å². The minimum absolute atomic E-state index is 0.711. The molecule has 0 radical (unpaired) electrons. The van der Waals surface area contributed by atoms with Gasteiger partial charge in [0, 0.05) is 57.0 Å². The Morgan fingerprint density at radius 3 is 2.52 bits per heavy atom. The third-order valence-corrected chi connectivity index (χ3v) is 7.25. The number of thioether (sulfide) groups is 1. The van der Waals surface area contributed by atoms with Crippen LogP contribution in [-0.2, 0) is 17.8 Å². The fourth-order valence-corrected chi connectivity index (χ4v) is 5.24. The van der Waals surface area contributed by atoms with E-state index in [4.69, 9.17) is 4.74 Å². The second-order valence-corrected chi connectivity index (χ2v) is 9.42. The molecule has 31 heavy (non-hydrogen) atoms. The Kier molecular flexibility index (Phi) is 8.27. The van der Waals surface area contributed by atoms with Crippen LogP contribution in [0, 0.1) is 5.92 Å². The summed E-state index contributed by atoms with van der Waals surface area (Å²) in [6, 6.07) is 19.7. The molecule has 0 aliphatic carbocycles. The van der Waals surface area contributed by atoms with E-state index < -0.39 is 0 Å². The maximum Gasteiger partial charge on any atom is 0.193 e. The summed E-state index contributed by atoms with van der Waals surface area (Å²) >= 11 is 1.97. The van der Waals surface area contributed by atoms with Gasteiger partial charge in [0.05, 0.1) is 13.2 Å². The summed E-state index contributed by atoms with van der Waals surface area (Å²) in [5, 5.41) is 3.57. The Bertz CT molecular complexity index is 821. The van der Waals surface area contributed by atoms with Crippen LogP contribution < -0.4 is 5.32 Å². The van der Waals surface area contributed by atoms with Crippen molar-refractivity contribution in [2.24, 2.45) is 10.9 Å².